The molecule has 50 valence electrons. The van der Waals surface area contributed by atoms with Gasteiger partial charge in [0.1, 0.15) is 6.04 Å². The van der Waals surface area contributed by atoms with Gasteiger partial charge >= 0.3 is 0 Å². The van der Waals surface area contributed by atoms with Crippen molar-refractivity contribution in [2.75, 3.05) is 0 Å². The second-order valence-electron chi connectivity index (χ2n) is 2.13. The number of hydrogen-bond acceptors (Lipinski definition) is 3. The van der Waals surface area contributed by atoms with Gasteiger partial charge in [0.05, 0.1) is 10.9 Å². The largest absolute Gasteiger partial charge is 0.253 e. The van der Waals surface area contributed by atoms with Gasteiger partial charge in [-0.3, -0.25) is 5.43 Å². The standard InChI is InChI=1S/C5H8BrN3/c1-3-5(6)4(2-7)9-8-3/h3-5,8-9H,1H3. The maximum atomic E-state index is 8.47. The zero-order chi connectivity index (χ0) is 6.85. The molecule has 1 aliphatic rings. The molecule has 0 spiro atoms. The lowest BCUT2D eigenvalue weighted by molar-refractivity contribution is 0.584. The van der Waals surface area contributed by atoms with Gasteiger partial charge in [-0.1, -0.05) is 15.9 Å². The van der Waals surface area contributed by atoms with Crippen molar-refractivity contribution in [3.63, 3.8) is 0 Å². The molecule has 1 rings (SSSR count). The van der Waals surface area contributed by atoms with Gasteiger partial charge < -0.3 is 0 Å². The molecule has 0 bridgehead atoms. The lowest BCUT2D eigenvalue weighted by atomic mass is 10.2. The molecule has 0 aliphatic carbocycles. The third kappa shape index (κ3) is 1.23. The number of nitrogens with one attached hydrogen (secondary N) is 2. The predicted molar refractivity (Wildman–Crippen MR) is 37.8 cm³/mol. The molecule has 4 heteroatoms. The number of halogens is 1. The summed E-state index contributed by atoms with van der Waals surface area (Å²) in [5.74, 6) is 0. The second-order valence-corrected chi connectivity index (χ2v) is 3.19. The molecule has 3 nitrogen and oxygen atoms in total. The van der Waals surface area contributed by atoms with Crippen molar-refractivity contribution in [3.8, 4) is 6.07 Å². The molecule has 1 aliphatic heterocycles. The van der Waals surface area contributed by atoms with Crippen molar-refractivity contribution in [1.29, 1.82) is 5.26 Å². The number of hydrogen-bond donors (Lipinski definition) is 2. The molecule has 0 aromatic heterocycles. The van der Waals surface area contributed by atoms with Crippen LogP contribution >= 0.6 is 15.9 Å². The van der Waals surface area contributed by atoms with Gasteiger partial charge in [0.25, 0.3) is 0 Å². The van der Waals surface area contributed by atoms with Gasteiger partial charge in [-0.2, -0.15) is 5.26 Å². The number of hydrazine groups is 1. The lowest BCUT2D eigenvalue weighted by Gasteiger charge is -2.04. The molecule has 3 atom stereocenters. The number of nitriles is 1. The van der Waals surface area contributed by atoms with Crippen molar-refractivity contribution in [1.82, 2.24) is 10.9 Å². The van der Waals surface area contributed by atoms with E-state index in [1.165, 1.54) is 0 Å². The minimum Gasteiger partial charge on any atom is -0.253 e. The van der Waals surface area contributed by atoms with E-state index in [4.69, 9.17) is 5.26 Å². The van der Waals surface area contributed by atoms with E-state index in [2.05, 4.69) is 32.9 Å². The molecule has 3 unspecified atom stereocenters. The first-order valence-electron chi connectivity index (χ1n) is 2.80. The fourth-order valence-electron chi connectivity index (χ4n) is 0.773. The predicted octanol–water partition coefficient (Wildman–Crippen LogP) is 0.138. The minimum atomic E-state index is -0.0972. The van der Waals surface area contributed by atoms with Crippen LogP contribution < -0.4 is 10.9 Å². The zero-order valence-electron chi connectivity index (χ0n) is 5.06. The molecule has 0 aromatic carbocycles. The number of alkyl halides is 1. The first kappa shape index (κ1) is 7.00. The summed E-state index contributed by atoms with van der Waals surface area (Å²) < 4.78 is 0. The van der Waals surface area contributed by atoms with E-state index in [-0.39, 0.29) is 10.9 Å². The highest BCUT2D eigenvalue weighted by Crippen LogP contribution is 2.13. The fraction of sp³-hybridized carbons (Fsp3) is 0.800. The Bertz CT molecular complexity index is 142. The minimum absolute atomic E-state index is 0.0972. The SMILES string of the molecule is CC1NNC(C#N)C1Br. The maximum absolute atomic E-state index is 8.47. The molecular weight excluding hydrogens is 182 g/mol. The maximum Gasteiger partial charge on any atom is 0.122 e. The van der Waals surface area contributed by atoms with E-state index in [0.717, 1.165) is 0 Å². The van der Waals surface area contributed by atoms with Crippen LogP contribution in [0.4, 0.5) is 0 Å². The monoisotopic (exact) mass is 189 g/mol. The quantitative estimate of drug-likeness (QED) is 0.534. The average molecular weight is 190 g/mol. The molecular formula is C5H8BrN3. The van der Waals surface area contributed by atoms with E-state index >= 15 is 0 Å². The highest BCUT2D eigenvalue weighted by Gasteiger charge is 2.30. The highest BCUT2D eigenvalue weighted by molar-refractivity contribution is 9.09. The van der Waals surface area contributed by atoms with Crippen molar-refractivity contribution in [2.24, 2.45) is 0 Å². The molecule has 9 heavy (non-hydrogen) atoms. The average Bonchev–Trinajstić information content (AvgIpc) is 2.15. The summed E-state index contributed by atoms with van der Waals surface area (Å²) in [6.07, 6.45) is 0. The van der Waals surface area contributed by atoms with Crippen LogP contribution in [0.15, 0.2) is 0 Å². The Morgan fingerprint density at radius 1 is 1.56 bits per heavy atom. The van der Waals surface area contributed by atoms with Crippen LogP contribution in [0.1, 0.15) is 6.92 Å². The summed E-state index contributed by atoms with van der Waals surface area (Å²) in [6, 6.07) is 2.35. The second kappa shape index (κ2) is 2.65. The smallest absolute Gasteiger partial charge is 0.122 e. The highest BCUT2D eigenvalue weighted by atomic mass is 79.9. The van der Waals surface area contributed by atoms with E-state index in [9.17, 15) is 0 Å². The van der Waals surface area contributed by atoms with Crippen LogP contribution in [-0.4, -0.2) is 16.9 Å². The summed E-state index contributed by atoms with van der Waals surface area (Å²) >= 11 is 3.38. The Kier molecular flexibility index (Phi) is 2.06. The first-order chi connectivity index (χ1) is 4.25. The van der Waals surface area contributed by atoms with Gasteiger partial charge in [0.15, 0.2) is 0 Å². The molecule has 1 saturated heterocycles. The van der Waals surface area contributed by atoms with Crippen molar-refractivity contribution in [3.05, 3.63) is 0 Å². The Morgan fingerprint density at radius 3 is 2.44 bits per heavy atom. The summed E-state index contributed by atoms with van der Waals surface area (Å²) in [5, 5.41) is 8.47. The summed E-state index contributed by atoms with van der Waals surface area (Å²) in [4.78, 5) is 0.225. The summed E-state index contributed by atoms with van der Waals surface area (Å²) in [7, 11) is 0. The molecule has 0 amide bonds. The van der Waals surface area contributed by atoms with Crippen molar-refractivity contribution in [2.45, 2.75) is 23.8 Å². The topological polar surface area (TPSA) is 47.8 Å². The Balaban J connectivity index is 2.54. The Morgan fingerprint density at radius 2 is 2.22 bits per heavy atom. The third-order valence-electron chi connectivity index (χ3n) is 1.40. The van der Waals surface area contributed by atoms with Gasteiger partial charge in [0, 0.05) is 6.04 Å². The molecule has 1 heterocycles. The van der Waals surface area contributed by atoms with Crippen LogP contribution in [0.25, 0.3) is 0 Å². The number of nitrogens with zero attached hydrogens (tertiary/aromatic N) is 1. The fourth-order valence-corrected chi connectivity index (χ4v) is 1.16. The molecule has 0 radical (unpaired) electrons. The van der Waals surface area contributed by atoms with E-state index in [0.29, 0.717) is 6.04 Å². The third-order valence-corrected chi connectivity index (χ3v) is 2.72. The van der Waals surface area contributed by atoms with Crippen LogP contribution in [0.3, 0.4) is 0 Å². The normalized spacial score (nSPS) is 42.6. The van der Waals surface area contributed by atoms with Gasteiger partial charge in [0.2, 0.25) is 0 Å². The molecule has 2 N–H and O–H groups in total. The lowest BCUT2D eigenvalue weighted by Crippen LogP contribution is -2.31. The van der Waals surface area contributed by atoms with Crippen molar-refractivity contribution >= 4 is 15.9 Å². The van der Waals surface area contributed by atoms with E-state index < -0.39 is 0 Å². The van der Waals surface area contributed by atoms with E-state index in [1.54, 1.807) is 0 Å². The van der Waals surface area contributed by atoms with Crippen LogP contribution in [0, 0.1) is 11.3 Å². The Labute approximate surface area is 62.5 Å². The Hall–Kier alpha value is -0.110. The van der Waals surface area contributed by atoms with Crippen LogP contribution in [0.2, 0.25) is 0 Å². The summed E-state index contributed by atoms with van der Waals surface area (Å²) in [5.41, 5.74) is 5.80. The first-order valence-corrected chi connectivity index (χ1v) is 3.72. The van der Waals surface area contributed by atoms with Crippen LogP contribution in [0.5, 0.6) is 0 Å². The zero-order valence-corrected chi connectivity index (χ0v) is 6.64. The van der Waals surface area contributed by atoms with Crippen molar-refractivity contribution < 1.29 is 0 Å². The summed E-state index contributed by atoms with van der Waals surface area (Å²) in [6.45, 7) is 2.02. The molecule has 0 saturated carbocycles. The van der Waals surface area contributed by atoms with E-state index in [1.807, 2.05) is 6.92 Å². The van der Waals surface area contributed by atoms with Crippen LogP contribution in [-0.2, 0) is 0 Å². The van der Waals surface area contributed by atoms with Gasteiger partial charge in [-0.25, -0.2) is 5.43 Å². The van der Waals surface area contributed by atoms with Gasteiger partial charge in [-0.15, -0.1) is 0 Å². The number of rotatable bonds is 0. The molecule has 1 fully saturated rings. The molecule has 0 aromatic rings. The van der Waals surface area contributed by atoms with Gasteiger partial charge in [-0.05, 0) is 6.92 Å².